The van der Waals surface area contributed by atoms with Crippen LogP contribution in [0.5, 0.6) is 0 Å². The molecule has 1 aliphatic rings. The van der Waals surface area contributed by atoms with Crippen molar-refractivity contribution in [3.8, 4) is 0 Å². The number of benzene rings is 1. The highest BCUT2D eigenvalue weighted by molar-refractivity contribution is 5.36. The highest BCUT2D eigenvalue weighted by Gasteiger charge is 2.21. The van der Waals surface area contributed by atoms with Crippen LogP contribution in [0.25, 0.3) is 0 Å². The second kappa shape index (κ2) is 4.61. The van der Waals surface area contributed by atoms with Gasteiger partial charge in [-0.1, -0.05) is 12.1 Å². The number of nitro benzene ring substituents is 1. The van der Waals surface area contributed by atoms with Crippen LogP contribution in [0.4, 0.5) is 5.69 Å². The van der Waals surface area contributed by atoms with Gasteiger partial charge in [0.15, 0.2) is 0 Å². The summed E-state index contributed by atoms with van der Waals surface area (Å²) in [5.74, 6) is 0.444. The Bertz CT molecular complexity index is 384. The van der Waals surface area contributed by atoms with E-state index in [0.29, 0.717) is 12.0 Å². The van der Waals surface area contributed by atoms with Gasteiger partial charge in [0.25, 0.3) is 5.69 Å². The summed E-state index contributed by atoms with van der Waals surface area (Å²) in [4.78, 5) is 10.3. The molecule has 1 aliphatic carbocycles. The van der Waals surface area contributed by atoms with Crippen molar-refractivity contribution in [2.45, 2.75) is 37.6 Å². The van der Waals surface area contributed by atoms with Crippen LogP contribution in [-0.2, 0) is 0 Å². The number of hydrogen-bond acceptors (Lipinski definition) is 3. The lowest BCUT2D eigenvalue weighted by molar-refractivity contribution is -0.384. The SMILES string of the molecule is NC1CCC(c2cccc([N+](=O)[O-])c2)CC1. The Morgan fingerprint density at radius 2 is 1.94 bits per heavy atom. The summed E-state index contributed by atoms with van der Waals surface area (Å²) in [6.45, 7) is 0. The molecule has 1 fully saturated rings. The van der Waals surface area contributed by atoms with Crippen molar-refractivity contribution in [3.05, 3.63) is 39.9 Å². The van der Waals surface area contributed by atoms with E-state index in [1.54, 1.807) is 12.1 Å². The van der Waals surface area contributed by atoms with Crippen molar-refractivity contribution in [2.75, 3.05) is 0 Å². The summed E-state index contributed by atoms with van der Waals surface area (Å²) in [5, 5.41) is 10.7. The number of nitrogens with two attached hydrogens (primary N) is 1. The van der Waals surface area contributed by atoms with Crippen LogP contribution in [0, 0.1) is 10.1 Å². The summed E-state index contributed by atoms with van der Waals surface area (Å²) in [5.41, 5.74) is 7.12. The Morgan fingerprint density at radius 3 is 2.56 bits per heavy atom. The third kappa shape index (κ3) is 2.39. The van der Waals surface area contributed by atoms with E-state index in [0.717, 1.165) is 31.2 Å². The second-order valence-electron chi connectivity index (χ2n) is 4.46. The molecule has 1 aromatic carbocycles. The van der Waals surface area contributed by atoms with Gasteiger partial charge in [0.2, 0.25) is 0 Å². The number of hydrogen-bond donors (Lipinski definition) is 1. The number of nitrogens with zero attached hydrogens (tertiary/aromatic N) is 1. The van der Waals surface area contributed by atoms with E-state index in [1.807, 2.05) is 6.07 Å². The highest BCUT2D eigenvalue weighted by Crippen LogP contribution is 2.33. The quantitative estimate of drug-likeness (QED) is 0.615. The third-order valence-corrected chi connectivity index (χ3v) is 3.32. The fourth-order valence-corrected chi connectivity index (χ4v) is 2.34. The van der Waals surface area contributed by atoms with Crippen molar-refractivity contribution in [3.63, 3.8) is 0 Å². The van der Waals surface area contributed by atoms with Gasteiger partial charge in [-0.3, -0.25) is 10.1 Å². The van der Waals surface area contributed by atoms with Crippen LogP contribution in [0.1, 0.15) is 37.2 Å². The van der Waals surface area contributed by atoms with E-state index in [1.165, 1.54) is 6.07 Å². The van der Waals surface area contributed by atoms with Gasteiger partial charge in [-0.15, -0.1) is 0 Å². The molecule has 1 saturated carbocycles. The van der Waals surface area contributed by atoms with E-state index in [2.05, 4.69) is 0 Å². The molecule has 16 heavy (non-hydrogen) atoms. The maximum absolute atomic E-state index is 10.7. The number of nitro groups is 1. The Balaban J connectivity index is 2.14. The Labute approximate surface area is 94.6 Å². The van der Waals surface area contributed by atoms with Gasteiger partial charge in [0, 0.05) is 18.2 Å². The molecule has 0 aromatic heterocycles. The predicted octanol–water partition coefficient (Wildman–Crippen LogP) is 2.58. The monoisotopic (exact) mass is 220 g/mol. The Kier molecular flexibility index (Phi) is 3.19. The lowest BCUT2D eigenvalue weighted by atomic mass is 9.82. The number of rotatable bonds is 2. The van der Waals surface area contributed by atoms with Crippen molar-refractivity contribution in [1.82, 2.24) is 0 Å². The van der Waals surface area contributed by atoms with E-state index >= 15 is 0 Å². The van der Waals surface area contributed by atoms with Crippen LogP contribution in [0.15, 0.2) is 24.3 Å². The third-order valence-electron chi connectivity index (χ3n) is 3.32. The molecule has 0 radical (unpaired) electrons. The lowest BCUT2D eigenvalue weighted by Crippen LogP contribution is -2.25. The second-order valence-corrected chi connectivity index (χ2v) is 4.46. The molecule has 4 nitrogen and oxygen atoms in total. The summed E-state index contributed by atoms with van der Waals surface area (Å²) < 4.78 is 0. The van der Waals surface area contributed by atoms with Gasteiger partial charge in [-0.2, -0.15) is 0 Å². The number of non-ortho nitro benzene ring substituents is 1. The van der Waals surface area contributed by atoms with E-state index in [4.69, 9.17) is 5.73 Å². The molecule has 2 N–H and O–H groups in total. The van der Waals surface area contributed by atoms with Crippen LogP contribution >= 0.6 is 0 Å². The molecule has 0 heterocycles. The molecule has 2 rings (SSSR count). The van der Waals surface area contributed by atoms with Crippen LogP contribution in [-0.4, -0.2) is 11.0 Å². The van der Waals surface area contributed by atoms with Gasteiger partial charge in [0.1, 0.15) is 0 Å². The minimum Gasteiger partial charge on any atom is -0.328 e. The Hall–Kier alpha value is -1.42. The summed E-state index contributed by atoms with van der Waals surface area (Å²) in [7, 11) is 0. The van der Waals surface area contributed by atoms with Crippen LogP contribution < -0.4 is 5.73 Å². The highest BCUT2D eigenvalue weighted by atomic mass is 16.6. The normalized spacial score (nSPS) is 25.3. The minimum atomic E-state index is -0.335. The smallest absolute Gasteiger partial charge is 0.269 e. The molecule has 0 aliphatic heterocycles. The molecule has 0 saturated heterocycles. The first-order valence-electron chi connectivity index (χ1n) is 5.67. The van der Waals surface area contributed by atoms with Crippen LogP contribution in [0.3, 0.4) is 0 Å². The van der Waals surface area contributed by atoms with Crippen molar-refractivity contribution < 1.29 is 4.92 Å². The molecule has 0 amide bonds. The summed E-state index contributed by atoms with van der Waals surface area (Å²) in [6, 6.07) is 7.30. The zero-order chi connectivity index (χ0) is 11.5. The molecular weight excluding hydrogens is 204 g/mol. The zero-order valence-corrected chi connectivity index (χ0v) is 9.13. The van der Waals surface area contributed by atoms with E-state index in [-0.39, 0.29) is 10.6 Å². The topological polar surface area (TPSA) is 69.2 Å². The molecule has 0 unspecified atom stereocenters. The average Bonchev–Trinajstić information content (AvgIpc) is 2.30. The van der Waals surface area contributed by atoms with Gasteiger partial charge in [-0.05, 0) is 37.2 Å². The maximum Gasteiger partial charge on any atom is 0.269 e. The summed E-state index contributed by atoms with van der Waals surface area (Å²) in [6.07, 6.45) is 4.13. The van der Waals surface area contributed by atoms with Crippen molar-refractivity contribution in [2.24, 2.45) is 5.73 Å². The molecule has 4 heteroatoms. The molecule has 0 atom stereocenters. The molecule has 86 valence electrons. The Morgan fingerprint density at radius 1 is 1.25 bits per heavy atom. The largest absolute Gasteiger partial charge is 0.328 e. The van der Waals surface area contributed by atoms with Gasteiger partial charge in [-0.25, -0.2) is 0 Å². The van der Waals surface area contributed by atoms with Crippen molar-refractivity contribution >= 4 is 5.69 Å². The fraction of sp³-hybridized carbons (Fsp3) is 0.500. The molecule has 1 aromatic rings. The first kappa shape index (κ1) is 11.1. The van der Waals surface area contributed by atoms with E-state index in [9.17, 15) is 10.1 Å². The lowest BCUT2D eigenvalue weighted by Gasteiger charge is -2.26. The molecular formula is C12H16N2O2. The maximum atomic E-state index is 10.7. The minimum absolute atomic E-state index is 0.187. The van der Waals surface area contributed by atoms with Gasteiger partial charge >= 0.3 is 0 Å². The standard InChI is InChI=1S/C12H16N2O2/c13-11-6-4-9(5-7-11)10-2-1-3-12(8-10)14(15)16/h1-3,8-9,11H,4-7,13H2. The summed E-state index contributed by atoms with van der Waals surface area (Å²) >= 11 is 0. The zero-order valence-electron chi connectivity index (χ0n) is 9.13. The van der Waals surface area contributed by atoms with Gasteiger partial charge in [0.05, 0.1) is 4.92 Å². The first-order valence-corrected chi connectivity index (χ1v) is 5.67. The van der Waals surface area contributed by atoms with Crippen molar-refractivity contribution in [1.29, 1.82) is 0 Å². The first-order chi connectivity index (χ1) is 7.66. The average molecular weight is 220 g/mol. The van der Waals surface area contributed by atoms with Crippen LogP contribution in [0.2, 0.25) is 0 Å². The fourth-order valence-electron chi connectivity index (χ4n) is 2.34. The predicted molar refractivity (Wildman–Crippen MR) is 62.3 cm³/mol. The molecule has 0 spiro atoms. The van der Waals surface area contributed by atoms with Gasteiger partial charge < -0.3 is 5.73 Å². The van der Waals surface area contributed by atoms with E-state index < -0.39 is 0 Å². The molecule has 0 bridgehead atoms.